The first kappa shape index (κ1) is 19.2. The van der Waals surface area contributed by atoms with Gasteiger partial charge in [-0.15, -0.1) is 0 Å². The van der Waals surface area contributed by atoms with Crippen LogP contribution in [0.25, 0.3) is 5.52 Å². The molecule has 10 heteroatoms. The summed E-state index contributed by atoms with van der Waals surface area (Å²) in [5.74, 6) is -0.362. The van der Waals surface area contributed by atoms with Crippen molar-refractivity contribution in [1.29, 1.82) is 0 Å². The smallest absolute Gasteiger partial charge is 0.275 e. The van der Waals surface area contributed by atoms with Crippen LogP contribution in [0.5, 0.6) is 0 Å². The summed E-state index contributed by atoms with van der Waals surface area (Å²) in [5.41, 5.74) is 2.69. The van der Waals surface area contributed by atoms with E-state index in [4.69, 9.17) is 11.6 Å². The van der Waals surface area contributed by atoms with Crippen LogP contribution >= 0.6 is 34.2 Å². The largest absolute Gasteiger partial charge is 0.350 e. The number of carbonyl (C=O) groups excluding carboxylic acids is 2. The second-order valence-corrected chi connectivity index (χ2v) is 8.26. The predicted molar refractivity (Wildman–Crippen MR) is 113 cm³/mol. The third-order valence-corrected chi connectivity index (χ3v) is 6.72. The number of halogens is 2. The van der Waals surface area contributed by atoms with Crippen LogP contribution in [-0.2, 0) is 7.05 Å². The molecule has 0 radical (unpaired) electrons. The molecule has 2 amide bonds. The number of aromatic nitrogens is 4. The molecule has 0 bridgehead atoms. The van der Waals surface area contributed by atoms with Crippen LogP contribution < -0.4 is 5.32 Å². The molecule has 1 N–H and O–H groups in total. The van der Waals surface area contributed by atoms with Crippen molar-refractivity contribution >= 4 is 51.5 Å². The van der Waals surface area contributed by atoms with Gasteiger partial charge >= 0.3 is 0 Å². The number of rotatable bonds is 4. The highest BCUT2D eigenvalue weighted by Crippen LogP contribution is 2.26. The zero-order chi connectivity index (χ0) is 20.0. The van der Waals surface area contributed by atoms with Gasteiger partial charge in [-0.2, -0.15) is 10.2 Å². The van der Waals surface area contributed by atoms with Crippen molar-refractivity contribution in [3.05, 3.63) is 50.1 Å². The van der Waals surface area contributed by atoms with Crippen molar-refractivity contribution < 1.29 is 9.59 Å². The minimum absolute atomic E-state index is 0.0587. The quantitative estimate of drug-likeness (QED) is 0.544. The predicted octanol–water partition coefficient (Wildman–Crippen LogP) is 2.28. The Morgan fingerprint density at radius 1 is 1.43 bits per heavy atom. The summed E-state index contributed by atoms with van der Waals surface area (Å²) < 4.78 is 3.80. The Labute approximate surface area is 180 Å². The second kappa shape index (κ2) is 7.36. The second-order valence-electron chi connectivity index (χ2n) is 6.82. The highest BCUT2D eigenvalue weighted by Gasteiger charge is 2.35. The summed E-state index contributed by atoms with van der Waals surface area (Å²) in [6.45, 7) is 2.99. The van der Waals surface area contributed by atoms with Crippen LogP contribution in [-0.4, -0.2) is 55.2 Å². The maximum absolute atomic E-state index is 12.8. The molecule has 8 nitrogen and oxygen atoms in total. The fourth-order valence-corrected chi connectivity index (χ4v) is 4.05. The zero-order valence-corrected chi connectivity index (χ0v) is 18.2. The van der Waals surface area contributed by atoms with Crippen LogP contribution in [0.1, 0.15) is 32.8 Å². The number of nitrogens with zero attached hydrogens (tertiary/aromatic N) is 5. The van der Waals surface area contributed by atoms with Crippen LogP contribution in [0.3, 0.4) is 0 Å². The normalized spacial score (nSPS) is 16.3. The maximum Gasteiger partial charge on any atom is 0.275 e. The Bertz CT molecular complexity index is 1090. The van der Waals surface area contributed by atoms with E-state index in [2.05, 4.69) is 15.5 Å². The van der Waals surface area contributed by atoms with Crippen molar-refractivity contribution in [1.82, 2.24) is 29.6 Å². The Hall–Kier alpha value is -2.14. The van der Waals surface area contributed by atoms with Crippen LogP contribution in [0.4, 0.5) is 0 Å². The van der Waals surface area contributed by atoms with Gasteiger partial charge in [0.2, 0.25) is 0 Å². The molecule has 146 valence electrons. The van der Waals surface area contributed by atoms with Crippen molar-refractivity contribution in [2.24, 2.45) is 7.05 Å². The van der Waals surface area contributed by atoms with E-state index in [1.54, 1.807) is 22.7 Å². The number of likely N-dealkylation sites (tertiary alicyclic amines) is 1. The highest BCUT2D eigenvalue weighted by atomic mass is 127. The van der Waals surface area contributed by atoms with Gasteiger partial charge in [0.1, 0.15) is 5.15 Å². The van der Waals surface area contributed by atoms with Gasteiger partial charge in [-0.25, -0.2) is 4.52 Å². The van der Waals surface area contributed by atoms with Crippen molar-refractivity contribution in [2.45, 2.75) is 19.4 Å². The van der Waals surface area contributed by atoms with Crippen molar-refractivity contribution in [3.63, 3.8) is 0 Å². The summed E-state index contributed by atoms with van der Waals surface area (Å²) in [6.07, 6.45) is 4.22. The standard InChI is InChI=1S/C18H18ClIN6O2/c1-10-3-6-26-13(7-10)12(9-22-26)17(27)21-8-11-4-5-25(11)18(28)15-14(20)16(19)24(2)23-15/h3,6-7,9,11H,4-5,8H2,1-2H3,(H,21,27). The third-order valence-electron chi connectivity index (χ3n) is 4.95. The maximum atomic E-state index is 12.8. The molecule has 1 aliphatic heterocycles. The van der Waals surface area contributed by atoms with Crippen LogP contribution in [0.15, 0.2) is 24.5 Å². The molecule has 0 saturated carbocycles. The molecule has 1 fully saturated rings. The molecular formula is C18H18ClIN6O2. The number of hydrogen-bond acceptors (Lipinski definition) is 4. The van der Waals surface area contributed by atoms with E-state index in [-0.39, 0.29) is 17.9 Å². The van der Waals surface area contributed by atoms with Gasteiger partial charge in [0.25, 0.3) is 11.8 Å². The SMILES string of the molecule is Cc1ccn2ncc(C(=O)NCC3CCN3C(=O)c3nn(C)c(Cl)c3I)c2c1. The lowest BCUT2D eigenvalue weighted by molar-refractivity contribution is 0.0448. The summed E-state index contributed by atoms with van der Waals surface area (Å²) in [6, 6.07) is 3.80. The molecule has 1 atom stereocenters. The Kier molecular flexibility index (Phi) is 5.04. The summed E-state index contributed by atoms with van der Waals surface area (Å²) in [7, 11) is 1.70. The van der Waals surface area contributed by atoms with E-state index in [0.29, 0.717) is 33.1 Å². The van der Waals surface area contributed by atoms with Gasteiger partial charge < -0.3 is 10.2 Å². The lowest BCUT2D eigenvalue weighted by atomic mass is 10.0. The molecule has 0 aliphatic carbocycles. The lowest BCUT2D eigenvalue weighted by Crippen LogP contribution is -2.56. The molecule has 4 heterocycles. The molecule has 1 unspecified atom stereocenters. The monoisotopic (exact) mass is 512 g/mol. The topological polar surface area (TPSA) is 84.5 Å². The molecular weight excluding hydrogens is 495 g/mol. The first-order chi connectivity index (χ1) is 13.4. The lowest BCUT2D eigenvalue weighted by Gasteiger charge is -2.40. The molecule has 0 aromatic carbocycles. The van der Waals surface area contributed by atoms with Gasteiger partial charge in [-0.1, -0.05) is 11.6 Å². The fourth-order valence-electron chi connectivity index (χ4n) is 3.24. The average Bonchev–Trinajstić information content (AvgIpc) is 3.16. The number of amides is 2. The molecule has 4 rings (SSSR count). The van der Waals surface area contributed by atoms with Crippen molar-refractivity contribution in [2.75, 3.05) is 13.1 Å². The van der Waals surface area contributed by atoms with Gasteiger partial charge in [0.15, 0.2) is 5.69 Å². The Morgan fingerprint density at radius 2 is 2.21 bits per heavy atom. The van der Waals surface area contributed by atoms with Gasteiger partial charge in [0, 0.05) is 26.3 Å². The number of hydrogen-bond donors (Lipinski definition) is 1. The molecule has 0 spiro atoms. The van der Waals surface area contributed by atoms with Crippen LogP contribution in [0.2, 0.25) is 5.15 Å². The minimum atomic E-state index is -0.199. The molecule has 1 aliphatic rings. The number of nitrogens with one attached hydrogen (secondary N) is 1. The summed E-state index contributed by atoms with van der Waals surface area (Å²) in [4.78, 5) is 27.1. The van der Waals surface area contributed by atoms with E-state index >= 15 is 0 Å². The summed E-state index contributed by atoms with van der Waals surface area (Å²) >= 11 is 8.15. The third kappa shape index (κ3) is 3.26. The number of carbonyl (C=O) groups is 2. The van der Waals surface area contributed by atoms with Gasteiger partial charge in [-0.3, -0.25) is 14.3 Å². The summed E-state index contributed by atoms with van der Waals surface area (Å²) in [5, 5.41) is 11.8. The average molecular weight is 513 g/mol. The van der Waals surface area contributed by atoms with Gasteiger partial charge in [-0.05, 0) is 53.6 Å². The first-order valence-electron chi connectivity index (χ1n) is 8.78. The number of pyridine rings is 1. The van der Waals surface area contributed by atoms with E-state index in [1.807, 2.05) is 47.8 Å². The van der Waals surface area contributed by atoms with Crippen molar-refractivity contribution in [3.8, 4) is 0 Å². The molecule has 28 heavy (non-hydrogen) atoms. The van der Waals surface area contributed by atoms with E-state index in [1.165, 1.54) is 4.68 Å². The van der Waals surface area contributed by atoms with E-state index in [9.17, 15) is 9.59 Å². The first-order valence-corrected chi connectivity index (χ1v) is 10.2. The van der Waals surface area contributed by atoms with Gasteiger partial charge in [0.05, 0.1) is 26.9 Å². The fraction of sp³-hybridized carbons (Fsp3) is 0.333. The number of fused-ring (bicyclic) bond motifs is 1. The molecule has 1 saturated heterocycles. The van der Waals surface area contributed by atoms with Crippen LogP contribution in [0, 0.1) is 10.5 Å². The molecule has 3 aromatic rings. The highest BCUT2D eigenvalue weighted by molar-refractivity contribution is 14.1. The minimum Gasteiger partial charge on any atom is -0.350 e. The van der Waals surface area contributed by atoms with E-state index in [0.717, 1.165) is 17.5 Å². The number of aryl methyl sites for hydroxylation is 2. The van der Waals surface area contributed by atoms with E-state index < -0.39 is 0 Å². The zero-order valence-electron chi connectivity index (χ0n) is 15.3. The Balaban J connectivity index is 1.43. The Morgan fingerprint density at radius 3 is 2.86 bits per heavy atom. The molecule has 3 aromatic heterocycles.